The number of para-hydroxylation sites is 1. The van der Waals surface area contributed by atoms with Crippen LogP contribution in [0.5, 0.6) is 0 Å². The molecule has 0 saturated carbocycles. The van der Waals surface area contributed by atoms with Crippen molar-refractivity contribution in [3.63, 3.8) is 0 Å². The van der Waals surface area contributed by atoms with E-state index in [4.69, 9.17) is 5.73 Å². The van der Waals surface area contributed by atoms with Gasteiger partial charge in [0.2, 0.25) is 0 Å². The minimum Gasteiger partial charge on any atom is -0.398 e. The summed E-state index contributed by atoms with van der Waals surface area (Å²) in [5, 5.41) is 0. The maximum atomic E-state index is 6.09. The second kappa shape index (κ2) is 5.49. The molecule has 0 radical (unpaired) electrons. The molecule has 72 valence electrons. The van der Waals surface area contributed by atoms with E-state index in [2.05, 4.69) is 45.9 Å². The third kappa shape index (κ3) is 2.80. The molecule has 0 bridgehead atoms. The predicted molar refractivity (Wildman–Crippen MR) is 59.0 cm³/mol. The van der Waals surface area contributed by atoms with E-state index in [0.717, 1.165) is 5.69 Å². The first kappa shape index (κ1) is 13.6. The van der Waals surface area contributed by atoms with Gasteiger partial charge in [0.25, 0.3) is 0 Å². The van der Waals surface area contributed by atoms with Gasteiger partial charge in [-0.2, -0.15) is 0 Å². The zero-order chi connectivity index (χ0) is 10.0. The van der Waals surface area contributed by atoms with Crippen LogP contribution >= 0.6 is 0 Å². The Bertz CT molecular complexity index is 266. The summed E-state index contributed by atoms with van der Waals surface area (Å²) in [4.78, 5) is 0. The molecule has 1 rings (SSSR count). The summed E-state index contributed by atoms with van der Waals surface area (Å²) >= 11 is 0. The van der Waals surface area contributed by atoms with Crippen LogP contribution in [0.3, 0.4) is 0 Å². The van der Waals surface area contributed by atoms with Crippen LogP contribution < -0.4 is 24.6 Å². The Labute approximate surface area is 99.3 Å². The van der Waals surface area contributed by atoms with Crippen LogP contribution in [0.4, 0.5) is 5.69 Å². The van der Waals surface area contributed by atoms with E-state index in [0.29, 0.717) is 11.8 Å². The van der Waals surface area contributed by atoms with Gasteiger partial charge in [0.1, 0.15) is 0 Å². The van der Waals surface area contributed by atoms with Gasteiger partial charge in [-0.1, -0.05) is 45.9 Å². The van der Waals surface area contributed by atoms with E-state index in [1.807, 2.05) is 0 Å². The number of hydrogen-bond donors (Lipinski definition) is 1. The van der Waals surface area contributed by atoms with Gasteiger partial charge < -0.3 is 5.73 Å². The number of hydrogen-bond acceptors (Lipinski definition) is 1. The van der Waals surface area contributed by atoms with Crippen molar-refractivity contribution in [2.45, 2.75) is 39.5 Å². The van der Waals surface area contributed by atoms with Gasteiger partial charge in [-0.15, -0.1) is 0 Å². The van der Waals surface area contributed by atoms with E-state index >= 15 is 0 Å². The van der Waals surface area contributed by atoms with E-state index < -0.39 is 0 Å². The summed E-state index contributed by atoms with van der Waals surface area (Å²) in [5.74, 6) is 1.03. The smallest absolute Gasteiger partial charge is 0.398 e. The summed E-state index contributed by atoms with van der Waals surface area (Å²) in [7, 11) is 0. The molecular formula is C12H19LiN+. The Hall–Kier alpha value is -0.383. The average molecular weight is 184 g/mol. The molecule has 0 unspecified atom stereocenters. The van der Waals surface area contributed by atoms with Gasteiger partial charge in [0, 0.05) is 5.69 Å². The normalized spacial score (nSPS) is 10.4. The van der Waals surface area contributed by atoms with Crippen molar-refractivity contribution < 1.29 is 18.9 Å². The Morgan fingerprint density at radius 2 is 1.29 bits per heavy atom. The molecule has 0 fully saturated rings. The van der Waals surface area contributed by atoms with Crippen molar-refractivity contribution >= 4 is 5.69 Å². The quantitative estimate of drug-likeness (QED) is 0.526. The molecule has 0 amide bonds. The Morgan fingerprint density at radius 1 is 0.929 bits per heavy atom. The Kier molecular flexibility index (Phi) is 5.34. The summed E-state index contributed by atoms with van der Waals surface area (Å²) in [6.45, 7) is 8.71. The molecule has 0 aromatic heterocycles. The molecule has 0 atom stereocenters. The summed E-state index contributed by atoms with van der Waals surface area (Å²) in [5.41, 5.74) is 9.60. The molecule has 2 N–H and O–H groups in total. The van der Waals surface area contributed by atoms with E-state index in [1.165, 1.54) is 11.1 Å². The van der Waals surface area contributed by atoms with Gasteiger partial charge in [0.15, 0.2) is 0 Å². The third-order valence-electron chi connectivity index (χ3n) is 2.42. The van der Waals surface area contributed by atoms with E-state index in [9.17, 15) is 0 Å². The first-order valence-electron chi connectivity index (χ1n) is 4.92. The first-order chi connectivity index (χ1) is 6.04. The molecule has 0 aliphatic carbocycles. The third-order valence-corrected chi connectivity index (χ3v) is 2.42. The van der Waals surface area contributed by atoms with Crippen molar-refractivity contribution in [1.29, 1.82) is 0 Å². The standard InChI is InChI=1S/C12H19N.Li/c1-8(2)10-6-5-7-11(9(3)4)12(10)13;/h5-9H,13H2,1-4H3;/q;+1. The molecule has 2 heteroatoms. The zero-order valence-corrected chi connectivity index (χ0v) is 9.96. The molecule has 0 spiro atoms. The van der Waals surface area contributed by atoms with Crippen LogP contribution in [-0.4, -0.2) is 0 Å². The maximum Gasteiger partial charge on any atom is 1.00 e. The minimum absolute atomic E-state index is 0. The molecule has 1 aromatic rings. The molecule has 1 aromatic carbocycles. The van der Waals surface area contributed by atoms with Gasteiger partial charge in [-0.05, 0) is 23.0 Å². The first-order valence-corrected chi connectivity index (χ1v) is 4.92. The number of nitrogen functional groups attached to an aromatic ring is 1. The van der Waals surface area contributed by atoms with Crippen molar-refractivity contribution in [3.8, 4) is 0 Å². The predicted octanol–water partition coefficient (Wildman–Crippen LogP) is 0.520. The molecule has 14 heavy (non-hydrogen) atoms. The summed E-state index contributed by atoms with van der Waals surface area (Å²) < 4.78 is 0. The molecule has 1 nitrogen and oxygen atoms in total. The minimum atomic E-state index is 0. The van der Waals surface area contributed by atoms with Gasteiger partial charge >= 0.3 is 18.9 Å². The van der Waals surface area contributed by atoms with Crippen molar-refractivity contribution in [2.75, 3.05) is 5.73 Å². The van der Waals surface area contributed by atoms with Crippen LogP contribution in [0.15, 0.2) is 18.2 Å². The van der Waals surface area contributed by atoms with Crippen LogP contribution in [0.25, 0.3) is 0 Å². The molecule has 0 aliphatic heterocycles. The van der Waals surface area contributed by atoms with Gasteiger partial charge in [0.05, 0.1) is 0 Å². The maximum absolute atomic E-state index is 6.09. The Morgan fingerprint density at radius 3 is 1.57 bits per heavy atom. The summed E-state index contributed by atoms with van der Waals surface area (Å²) in [6, 6.07) is 6.33. The van der Waals surface area contributed by atoms with Gasteiger partial charge in [-0.25, -0.2) is 0 Å². The molecule has 0 heterocycles. The second-order valence-electron chi connectivity index (χ2n) is 4.16. The van der Waals surface area contributed by atoms with Crippen molar-refractivity contribution in [1.82, 2.24) is 0 Å². The van der Waals surface area contributed by atoms with Crippen LogP contribution in [0.2, 0.25) is 0 Å². The van der Waals surface area contributed by atoms with E-state index in [-0.39, 0.29) is 18.9 Å². The number of rotatable bonds is 2. The molecule has 0 aliphatic rings. The fraction of sp³-hybridized carbons (Fsp3) is 0.500. The summed E-state index contributed by atoms with van der Waals surface area (Å²) in [6.07, 6.45) is 0. The Balaban J connectivity index is 0.00000169. The van der Waals surface area contributed by atoms with Crippen LogP contribution in [0.1, 0.15) is 50.7 Å². The fourth-order valence-corrected chi connectivity index (χ4v) is 1.61. The van der Waals surface area contributed by atoms with Crippen LogP contribution in [0, 0.1) is 0 Å². The molecular weight excluding hydrogens is 165 g/mol. The fourth-order valence-electron chi connectivity index (χ4n) is 1.61. The van der Waals surface area contributed by atoms with Crippen LogP contribution in [-0.2, 0) is 0 Å². The van der Waals surface area contributed by atoms with Crippen molar-refractivity contribution in [2.24, 2.45) is 0 Å². The average Bonchev–Trinajstić information content (AvgIpc) is 2.03. The second-order valence-corrected chi connectivity index (χ2v) is 4.16. The zero-order valence-electron chi connectivity index (χ0n) is 9.96. The van der Waals surface area contributed by atoms with E-state index in [1.54, 1.807) is 0 Å². The number of nitrogens with two attached hydrogens (primary N) is 1. The number of benzene rings is 1. The molecule has 0 saturated heterocycles. The number of anilines is 1. The largest absolute Gasteiger partial charge is 1.00 e. The van der Waals surface area contributed by atoms with Crippen molar-refractivity contribution in [3.05, 3.63) is 29.3 Å². The monoisotopic (exact) mass is 184 g/mol. The topological polar surface area (TPSA) is 26.0 Å². The van der Waals surface area contributed by atoms with Gasteiger partial charge in [-0.3, -0.25) is 0 Å². The SMILES string of the molecule is CC(C)c1cccc(C(C)C)c1N.[Li+].